The Balaban J connectivity index is 1.68. The second kappa shape index (κ2) is 8.12. The minimum atomic E-state index is -3.67. The van der Waals surface area contributed by atoms with E-state index in [1.165, 1.54) is 20.7 Å². The SMILES string of the molecule is O=S(=O)(c1cccc(Cl)c1)N1CCN(S(=O)(=O)N2CCCCCC2)CC1. The van der Waals surface area contributed by atoms with Gasteiger partial charge in [0.05, 0.1) is 4.90 Å². The summed E-state index contributed by atoms with van der Waals surface area (Å²) in [6.07, 6.45) is 3.86. The van der Waals surface area contributed by atoms with Gasteiger partial charge >= 0.3 is 0 Å². The summed E-state index contributed by atoms with van der Waals surface area (Å²) in [5.74, 6) is 0. The molecule has 26 heavy (non-hydrogen) atoms. The lowest BCUT2D eigenvalue weighted by atomic mass is 10.2. The Hall–Kier alpha value is -0.710. The number of rotatable bonds is 4. The zero-order valence-electron chi connectivity index (χ0n) is 14.5. The lowest BCUT2D eigenvalue weighted by molar-refractivity contribution is 0.254. The predicted octanol–water partition coefficient (Wildman–Crippen LogP) is 1.77. The molecule has 0 spiro atoms. The van der Waals surface area contributed by atoms with E-state index in [-0.39, 0.29) is 31.1 Å². The zero-order chi connectivity index (χ0) is 18.8. The number of hydrogen-bond donors (Lipinski definition) is 0. The highest BCUT2D eigenvalue weighted by atomic mass is 35.5. The minimum Gasteiger partial charge on any atom is -0.207 e. The van der Waals surface area contributed by atoms with Crippen molar-refractivity contribution in [1.82, 2.24) is 12.9 Å². The Morgan fingerprint density at radius 3 is 1.85 bits per heavy atom. The van der Waals surface area contributed by atoms with E-state index in [0.717, 1.165) is 25.7 Å². The molecule has 146 valence electrons. The largest absolute Gasteiger partial charge is 0.282 e. The molecular formula is C16H24ClN3O4S2. The molecule has 0 radical (unpaired) electrons. The van der Waals surface area contributed by atoms with Gasteiger partial charge in [-0.1, -0.05) is 30.5 Å². The number of sulfonamides is 1. The first-order chi connectivity index (χ1) is 12.3. The lowest BCUT2D eigenvalue weighted by Crippen LogP contribution is -2.54. The Labute approximate surface area is 160 Å². The maximum absolute atomic E-state index is 12.8. The standard InChI is InChI=1S/C16H24ClN3O4S2/c17-15-6-5-7-16(14-15)25(21,22)18-10-12-20(13-11-18)26(23,24)19-8-3-1-2-4-9-19/h5-7,14H,1-4,8-13H2. The van der Waals surface area contributed by atoms with Crippen LogP contribution in [0, 0.1) is 0 Å². The van der Waals surface area contributed by atoms with Gasteiger partial charge in [-0.2, -0.15) is 21.3 Å². The number of nitrogens with zero attached hydrogens (tertiary/aromatic N) is 3. The van der Waals surface area contributed by atoms with E-state index in [4.69, 9.17) is 11.6 Å². The summed E-state index contributed by atoms with van der Waals surface area (Å²) in [5, 5.41) is 0.355. The highest BCUT2D eigenvalue weighted by Gasteiger charge is 2.36. The molecule has 2 aliphatic rings. The molecule has 0 bridgehead atoms. The van der Waals surface area contributed by atoms with Gasteiger partial charge in [-0.15, -0.1) is 0 Å². The molecule has 0 aromatic heterocycles. The average molecular weight is 422 g/mol. The first kappa shape index (κ1) is 20.0. The predicted molar refractivity (Wildman–Crippen MR) is 101 cm³/mol. The minimum absolute atomic E-state index is 0.133. The second-order valence-electron chi connectivity index (χ2n) is 6.58. The van der Waals surface area contributed by atoms with E-state index >= 15 is 0 Å². The van der Waals surface area contributed by atoms with Crippen molar-refractivity contribution in [3.63, 3.8) is 0 Å². The van der Waals surface area contributed by atoms with E-state index in [2.05, 4.69) is 0 Å². The van der Waals surface area contributed by atoms with Crippen molar-refractivity contribution >= 4 is 31.8 Å². The van der Waals surface area contributed by atoms with Crippen molar-refractivity contribution in [2.24, 2.45) is 0 Å². The van der Waals surface area contributed by atoms with Crippen LogP contribution in [-0.2, 0) is 20.2 Å². The van der Waals surface area contributed by atoms with Crippen molar-refractivity contribution in [2.45, 2.75) is 30.6 Å². The highest BCUT2D eigenvalue weighted by molar-refractivity contribution is 7.89. The van der Waals surface area contributed by atoms with Crippen LogP contribution in [0.2, 0.25) is 5.02 Å². The summed E-state index contributed by atoms with van der Waals surface area (Å²) >= 11 is 5.90. The molecule has 0 saturated carbocycles. The molecule has 2 heterocycles. The third-order valence-electron chi connectivity index (χ3n) is 4.85. The van der Waals surface area contributed by atoms with Crippen LogP contribution in [0.3, 0.4) is 0 Å². The summed E-state index contributed by atoms with van der Waals surface area (Å²) in [7, 11) is -7.19. The van der Waals surface area contributed by atoms with Gasteiger partial charge in [0.1, 0.15) is 0 Å². The molecule has 3 rings (SSSR count). The van der Waals surface area contributed by atoms with Gasteiger partial charge in [0.15, 0.2) is 0 Å². The molecule has 10 heteroatoms. The topological polar surface area (TPSA) is 78.0 Å². The molecular weight excluding hydrogens is 398 g/mol. The molecule has 0 unspecified atom stereocenters. The number of halogens is 1. The lowest BCUT2D eigenvalue weighted by Gasteiger charge is -2.35. The van der Waals surface area contributed by atoms with Gasteiger partial charge in [0, 0.05) is 44.3 Å². The van der Waals surface area contributed by atoms with Gasteiger partial charge in [0.2, 0.25) is 10.0 Å². The van der Waals surface area contributed by atoms with Gasteiger partial charge in [0.25, 0.3) is 10.2 Å². The molecule has 0 atom stereocenters. The van der Waals surface area contributed by atoms with E-state index in [9.17, 15) is 16.8 Å². The quantitative estimate of drug-likeness (QED) is 0.742. The van der Waals surface area contributed by atoms with Crippen LogP contribution in [0.25, 0.3) is 0 Å². The van der Waals surface area contributed by atoms with Crippen molar-refractivity contribution in [1.29, 1.82) is 0 Å². The van der Waals surface area contributed by atoms with Crippen LogP contribution in [-0.4, -0.2) is 69.0 Å². The third-order valence-corrected chi connectivity index (χ3v) is 9.01. The van der Waals surface area contributed by atoms with Crippen molar-refractivity contribution < 1.29 is 16.8 Å². The van der Waals surface area contributed by atoms with Crippen LogP contribution in [0.15, 0.2) is 29.2 Å². The van der Waals surface area contributed by atoms with E-state index in [1.807, 2.05) is 0 Å². The third kappa shape index (κ3) is 4.23. The maximum atomic E-state index is 12.8. The van der Waals surface area contributed by atoms with Gasteiger partial charge < -0.3 is 0 Å². The van der Waals surface area contributed by atoms with Crippen LogP contribution in [0.4, 0.5) is 0 Å². The summed E-state index contributed by atoms with van der Waals surface area (Å²) in [6.45, 7) is 1.70. The summed E-state index contributed by atoms with van der Waals surface area (Å²) in [6, 6.07) is 6.13. The first-order valence-electron chi connectivity index (χ1n) is 8.83. The molecule has 0 aliphatic carbocycles. The molecule has 1 aromatic carbocycles. The van der Waals surface area contributed by atoms with Crippen LogP contribution in [0.1, 0.15) is 25.7 Å². The van der Waals surface area contributed by atoms with Crippen LogP contribution in [0.5, 0.6) is 0 Å². The first-order valence-corrected chi connectivity index (χ1v) is 12.0. The van der Waals surface area contributed by atoms with E-state index < -0.39 is 20.2 Å². The van der Waals surface area contributed by atoms with E-state index in [0.29, 0.717) is 18.1 Å². The fourth-order valence-electron chi connectivity index (χ4n) is 3.35. The number of piperazine rings is 1. The van der Waals surface area contributed by atoms with Crippen molar-refractivity contribution in [2.75, 3.05) is 39.3 Å². The molecule has 0 amide bonds. The Bertz CT molecular complexity index is 829. The molecule has 0 N–H and O–H groups in total. The zero-order valence-corrected chi connectivity index (χ0v) is 16.9. The van der Waals surface area contributed by atoms with Gasteiger partial charge in [-0.25, -0.2) is 8.42 Å². The summed E-state index contributed by atoms with van der Waals surface area (Å²) < 4.78 is 55.4. The fraction of sp³-hybridized carbons (Fsp3) is 0.625. The molecule has 2 saturated heterocycles. The smallest absolute Gasteiger partial charge is 0.207 e. The molecule has 2 fully saturated rings. The molecule has 2 aliphatic heterocycles. The van der Waals surface area contributed by atoms with Gasteiger partial charge in [-0.3, -0.25) is 0 Å². The van der Waals surface area contributed by atoms with Crippen LogP contribution >= 0.6 is 11.6 Å². The number of benzene rings is 1. The number of hydrogen-bond acceptors (Lipinski definition) is 4. The second-order valence-corrected chi connectivity index (χ2v) is 10.9. The maximum Gasteiger partial charge on any atom is 0.282 e. The highest BCUT2D eigenvalue weighted by Crippen LogP contribution is 2.23. The summed E-state index contributed by atoms with van der Waals surface area (Å²) in [5.41, 5.74) is 0. The molecule has 7 nitrogen and oxygen atoms in total. The Morgan fingerprint density at radius 2 is 1.27 bits per heavy atom. The normalized spacial score (nSPS) is 22.2. The fourth-order valence-corrected chi connectivity index (χ4v) is 6.75. The Morgan fingerprint density at radius 1 is 0.731 bits per heavy atom. The van der Waals surface area contributed by atoms with Crippen molar-refractivity contribution in [3.8, 4) is 0 Å². The monoisotopic (exact) mass is 421 g/mol. The van der Waals surface area contributed by atoms with E-state index in [1.54, 1.807) is 16.4 Å². The van der Waals surface area contributed by atoms with Crippen molar-refractivity contribution in [3.05, 3.63) is 29.3 Å². The molecule has 1 aromatic rings. The average Bonchev–Trinajstić information content (AvgIpc) is 2.92. The summed E-state index contributed by atoms with van der Waals surface area (Å²) in [4.78, 5) is 0.133. The Kier molecular flexibility index (Phi) is 6.25. The van der Waals surface area contributed by atoms with Crippen LogP contribution < -0.4 is 0 Å². The van der Waals surface area contributed by atoms with Gasteiger partial charge in [-0.05, 0) is 31.0 Å².